The van der Waals surface area contributed by atoms with Crippen molar-refractivity contribution in [2.24, 2.45) is 0 Å². The highest BCUT2D eigenvalue weighted by molar-refractivity contribution is 7.87. The number of carbonyl (C=O) groups excluding carboxylic acids is 2. The predicted octanol–water partition coefficient (Wildman–Crippen LogP) is 0.00160. The Kier molecular flexibility index (Phi) is 3.77. The molecule has 1 fully saturated rings. The largest absolute Gasteiger partial charge is 0.523 e. The molecule has 0 radical (unpaired) electrons. The summed E-state index contributed by atoms with van der Waals surface area (Å²) in [5.41, 5.74) is -5.51. The van der Waals surface area contributed by atoms with Crippen molar-refractivity contribution in [3.8, 4) is 0 Å². The Morgan fingerprint density at radius 3 is 2.06 bits per heavy atom. The van der Waals surface area contributed by atoms with Crippen LogP contribution in [0.4, 0.5) is 13.2 Å². The first-order valence-corrected chi connectivity index (χ1v) is 5.85. The maximum Gasteiger partial charge on any atom is 0.523 e. The van der Waals surface area contributed by atoms with Crippen LogP contribution in [0.3, 0.4) is 0 Å². The Hall–Kier alpha value is -1.16. The van der Waals surface area contributed by atoms with Crippen molar-refractivity contribution in [2.45, 2.75) is 18.3 Å². The first-order chi connectivity index (χ1) is 7.65. The van der Waals surface area contributed by atoms with Gasteiger partial charge in [-0.15, -0.1) is 0 Å². The van der Waals surface area contributed by atoms with Gasteiger partial charge in [0.2, 0.25) is 11.8 Å². The van der Waals surface area contributed by atoms with E-state index in [2.05, 4.69) is 4.18 Å². The maximum absolute atomic E-state index is 11.8. The van der Waals surface area contributed by atoms with Crippen molar-refractivity contribution in [3.63, 3.8) is 0 Å². The second-order valence-corrected chi connectivity index (χ2v) is 4.77. The van der Waals surface area contributed by atoms with Gasteiger partial charge in [-0.3, -0.25) is 18.7 Å². The van der Waals surface area contributed by atoms with Gasteiger partial charge in [0, 0.05) is 12.8 Å². The molecule has 0 aromatic heterocycles. The van der Waals surface area contributed by atoms with Gasteiger partial charge in [-0.05, 0) is 0 Å². The fourth-order valence-corrected chi connectivity index (χ4v) is 1.60. The van der Waals surface area contributed by atoms with Gasteiger partial charge in [0.15, 0.2) is 0 Å². The number of amides is 2. The van der Waals surface area contributed by atoms with Gasteiger partial charge < -0.3 is 0 Å². The number of hydrogen-bond acceptors (Lipinski definition) is 5. The van der Waals surface area contributed by atoms with E-state index in [-0.39, 0.29) is 12.8 Å². The van der Waals surface area contributed by atoms with E-state index in [1.54, 1.807) is 0 Å². The Balaban J connectivity index is 2.49. The van der Waals surface area contributed by atoms with Gasteiger partial charge in [0.1, 0.15) is 0 Å². The quantitative estimate of drug-likeness (QED) is 0.410. The Morgan fingerprint density at radius 1 is 1.18 bits per heavy atom. The SMILES string of the molecule is O=C1CCC(=O)N1CCOS(=O)(=O)C(F)(F)F. The second-order valence-electron chi connectivity index (χ2n) is 3.16. The molecule has 0 aliphatic carbocycles. The second kappa shape index (κ2) is 4.61. The van der Waals surface area contributed by atoms with E-state index in [0.717, 1.165) is 0 Å². The molecule has 0 unspecified atom stereocenters. The van der Waals surface area contributed by atoms with Crippen LogP contribution < -0.4 is 0 Å². The number of carbonyl (C=O) groups is 2. The number of alkyl halides is 3. The lowest BCUT2D eigenvalue weighted by Gasteiger charge is -2.14. The van der Waals surface area contributed by atoms with Crippen LogP contribution in [0.15, 0.2) is 0 Å². The van der Waals surface area contributed by atoms with Gasteiger partial charge in [0.05, 0.1) is 13.2 Å². The standard InChI is InChI=1S/C7H8F3NO5S/c8-7(9,10)17(14,15)16-4-3-11-5(12)1-2-6(11)13/h1-4H2. The summed E-state index contributed by atoms with van der Waals surface area (Å²) in [6.07, 6.45) is -0.0459. The average Bonchev–Trinajstić information content (AvgIpc) is 2.47. The van der Waals surface area contributed by atoms with E-state index in [1.165, 1.54) is 0 Å². The normalized spacial score (nSPS) is 17.9. The highest BCUT2D eigenvalue weighted by Crippen LogP contribution is 2.24. The summed E-state index contributed by atoms with van der Waals surface area (Å²) in [5.74, 6) is -1.11. The van der Waals surface area contributed by atoms with Gasteiger partial charge >= 0.3 is 15.6 Å². The number of halogens is 3. The van der Waals surface area contributed by atoms with Crippen LogP contribution >= 0.6 is 0 Å². The molecular formula is C7H8F3NO5S. The minimum absolute atomic E-state index is 0.0230. The zero-order valence-electron chi connectivity index (χ0n) is 8.36. The lowest BCUT2D eigenvalue weighted by Crippen LogP contribution is -2.34. The molecule has 0 saturated carbocycles. The molecule has 2 amide bonds. The van der Waals surface area contributed by atoms with Crippen molar-refractivity contribution < 1.29 is 35.4 Å². The summed E-state index contributed by atoms with van der Waals surface area (Å²) in [6.45, 7) is -1.41. The molecule has 0 N–H and O–H groups in total. The van der Waals surface area contributed by atoms with E-state index < -0.39 is 40.6 Å². The molecule has 6 nitrogen and oxygen atoms in total. The number of rotatable bonds is 4. The van der Waals surface area contributed by atoms with Crippen molar-refractivity contribution in [3.05, 3.63) is 0 Å². The van der Waals surface area contributed by atoms with Crippen LogP contribution in [0.1, 0.15) is 12.8 Å². The Labute approximate surface area is 94.5 Å². The summed E-state index contributed by atoms with van der Waals surface area (Å²) in [6, 6.07) is 0. The van der Waals surface area contributed by atoms with E-state index in [4.69, 9.17) is 0 Å². The molecule has 1 aliphatic rings. The van der Waals surface area contributed by atoms with Crippen molar-refractivity contribution in [2.75, 3.05) is 13.2 Å². The zero-order chi connectivity index (χ0) is 13.3. The molecule has 98 valence electrons. The average molecular weight is 275 g/mol. The van der Waals surface area contributed by atoms with Crippen LogP contribution in [0.5, 0.6) is 0 Å². The molecular weight excluding hydrogens is 267 g/mol. The van der Waals surface area contributed by atoms with E-state index in [0.29, 0.717) is 4.90 Å². The summed E-state index contributed by atoms with van der Waals surface area (Å²) in [4.78, 5) is 22.7. The minimum atomic E-state index is -5.67. The molecule has 10 heteroatoms. The van der Waals surface area contributed by atoms with E-state index >= 15 is 0 Å². The van der Waals surface area contributed by atoms with Crippen molar-refractivity contribution in [1.82, 2.24) is 4.90 Å². The predicted molar refractivity (Wildman–Crippen MR) is 46.9 cm³/mol. The lowest BCUT2D eigenvalue weighted by molar-refractivity contribution is -0.138. The van der Waals surface area contributed by atoms with Gasteiger partial charge in [-0.2, -0.15) is 21.6 Å². The maximum atomic E-state index is 11.8. The Morgan fingerprint density at radius 2 is 1.65 bits per heavy atom. The number of likely N-dealkylation sites (tertiary alicyclic amines) is 1. The molecule has 1 saturated heterocycles. The van der Waals surface area contributed by atoms with Crippen LogP contribution in [-0.4, -0.2) is 43.8 Å². The van der Waals surface area contributed by atoms with Crippen LogP contribution in [0.25, 0.3) is 0 Å². The summed E-state index contributed by atoms with van der Waals surface area (Å²) in [7, 11) is -5.67. The summed E-state index contributed by atoms with van der Waals surface area (Å²) < 4.78 is 60.0. The number of imide groups is 1. The third-order valence-corrected chi connectivity index (χ3v) is 3.04. The highest BCUT2D eigenvalue weighted by atomic mass is 32.2. The topological polar surface area (TPSA) is 80.8 Å². The molecule has 1 aliphatic heterocycles. The summed E-state index contributed by atoms with van der Waals surface area (Å²) >= 11 is 0. The van der Waals surface area contributed by atoms with Gasteiger partial charge in [-0.25, -0.2) is 0 Å². The molecule has 0 atom stereocenters. The van der Waals surface area contributed by atoms with Crippen LogP contribution in [-0.2, 0) is 23.9 Å². The van der Waals surface area contributed by atoms with Gasteiger partial charge in [0.25, 0.3) is 0 Å². The molecule has 1 rings (SSSR count). The molecule has 17 heavy (non-hydrogen) atoms. The van der Waals surface area contributed by atoms with Crippen LogP contribution in [0, 0.1) is 0 Å². The van der Waals surface area contributed by atoms with E-state index in [9.17, 15) is 31.2 Å². The molecule has 0 bridgehead atoms. The fourth-order valence-electron chi connectivity index (χ4n) is 1.18. The van der Waals surface area contributed by atoms with E-state index in [1.807, 2.05) is 0 Å². The third-order valence-electron chi connectivity index (χ3n) is 1.99. The van der Waals surface area contributed by atoms with Crippen molar-refractivity contribution >= 4 is 21.9 Å². The number of hydrogen-bond donors (Lipinski definition) is 0. The van der Waals surface area contributed by atoms with Gasteiger partial charge in [-0.1, -0.05) is 0 Å². The fraction of sp³-hybridized carbons (Fsp3) is 0.714. The van der Waals surface area contributed by atoms with Crippen LogP contribution in [0.2, 0.25) is 0 Å². The first-order valence-electron chi connectivity index (χ1n) is 4.44. The monoisotopic (exact) mass is 275 g/mol. The summed E-state index contributed by atoms with van der Waals surface area (Å²) in [5, 5.41) is 0. The highest BCUT2D eigenvalue weighted by Gasteiger charge is 2.47. The molecule has 0 aromatic rings. The first kappa shape index (κ1) is 13.9. The molecule has 0 spiro atoms. The lowest BCUT2D eigenvalue weighted by atomic mass is 10.4. The zero-order valence-corrected chi connectivity index (χ0v) is 9.18. The Bertz CT molecular complexity index is 413. The molecule has 0 aromatic carbocycles. The third kappa shape index (κ3) is 3.16. The van der Waals surface area contributed by atoms with Crippen molar-refractivity contribution in [1.29, 1.82) is 0 Å². The number of nitrogens with zero attached hydrogens (tertiary/aromatic N) is 1. The minimum Gasteiger partial charge on any atom is -0.280 e. The molecule has 1 heterocycles. The smallest absolute Gasteiger partial charge is 0.280 e.